The normalized spacial score (nSPS) is 15.8. The number of likely N-dealkylation sites (tertiary alicyclic amines) is 1. The van der Waals surface area contributed by atoms with Crippen molar-refractivity contribution < 1.29 is 4.74 Å². The number of hydrogen-bond acceptors (Lipinski definition) is 3. The Morgan fingerprint density at radius 3 is 2.62 bits per heavy atom. The molecule has 2 heterocycles. The van der Waals surface area contributed by atoms with E-state index in [0.29, 0.717) is 16.7 Å². The molecule has 1 aromatic heterocycles. The highest BCUT2D eigenvalue weighted by Crippen LogP contribution is 2.25. The van der Waals surface area contributed by atoms with E-state index in [2.05, 4.69) is 10.00 Å². The minimum absolute atomic E-state index is 0.531. The number of benzene rings is 1. The molecule has 1 aliphatic rings. The van der Waals surface area contributed by atoms with E-state index in [1.165, 1.54) is 32.4 Å². The van der Waals surface area contributed by atoms with Crippen molar-refractivity contribution in [2.24, 2.45) is 0 Å². The summed E-state index contributed by atoms with van der Waals surface area (Å²) in [6.07, 6.45) is 3.99. The summed E-state index contributed by atoms with van der Waals surface area (Å²) in [5.41, 5.74) is 2.88. The first-order chi connectivity index (χ1) is 11.6. The Balaban J connectivity index is 1.54. The Hall–Kier alpha value is -1.07. The van der Waals surface area contributed by atoms with Crippen molar-refractivity contribution in [2.45, 2.75) is 32.8 Å². The molecule has 0 bridgehead atoms. The van der Waals surface area contributed by atoms with Gasteiger partial charge in [-0.2, -0.15) is 5.10 Å². The molecule has 0 atom stereocenters. The lowest BCUT2D eigenvalue weighted by Crippen LogP contribution is -2.32. The van der Waals surface area contributed by atoms with Crippen LogP contribution in [0.4, 0.5) is 0 Å². The Labute approximate surface area is 153 Å². The molecule has 6 heteroatoms. The zero-order valence-corrected chi connectivity index (χ0v) is 15.5. The summed E-state index contributed by atoms with van der Waals surface area (Å²) < 4.78 is 7.67. The SMILES string of the molecule is Cc1cc(COCCN2CCCCC2)nn1-c1ccc(Cl)c(Cl)c1. The largest absolute Gasteiger partial charge is 0.374 e. The van der Waals surface area contributed by atoms with Gasteiger partial charge in [-0.25, -0.2) is 4.68 Å². The van der Waals surface area contributed by atoms with Gasteiger partial charge in [-0.05, 0) is 57.1 Å². The van der Waals surface area contributed by atoms with Gasteiger partial charge in [0.15, 0.2) is 0 Å². The van der Waals surface area contributed by atoms with E-state index < -0.39 is 0 Å². The highest BCUT2D eigenvalue weighted by molar-refractivity contribution is 6.42. The van der Waals surface area contributed by atoms with Gasteiger partial charge in [-0.1, -0.05) is 29.6 Å². The second-order valence-electron chi connectivity index (χ2n) is 6.24. The van der Waals surface area contributed by atoms with Crippen LogP contribution in [0.5, 0.6) is 0 Å². The van der Waals surface area contributed by atoms with Gasteiger partial charge < -0.3 is 9.64 Å². The van der Waals surface area contributed by atoms with Gasteiger partial charge in [-0.3, -0.25) is 0 Å². The second-order valence-corrected chi connectivity index (χ2v) is 7.06. The first-order valence-electron chi connectivity index (χ1n) is 8.44. The van der Waals surface area contributed by atoms with Gasteiger partial charge >= 0.3 is 0 Å². The molecule has 0 spiro atoms. The lowest BCUT2D eigenvalue weighted by molar-refractivity contribution is 0.0844. The molecule has 2 aromatic rings. The number of aryl methyl sites for hydroxylation is 1. The van der Waals surface area contributed by atoms with E-state index in [4.69, 9.17) is 27.9 Å². The summed E-state index contributed by atoms with van der Waals surface area (Å²) in [6.45, 7) is 6.71. The van der Waals surface area contributed by atoms with Crippen LogP contribution in [-0.4, -0.2) is 40.9 Å². The van der Waals surface area contributed by atoms with Gasteiger partial charge in [0.2, 0.25) is 0 Å². The quantitative estimate of drug-likeness (QED) is 0.704. The van der Waals surface area contributed by atoms with E-state index in [0.717, 1.165) is 30.2 Å². The minimum Gasteiger partial charge on any atom is -0.374 e. The van der Waals surface area contributed by atoms with Crippen LogP contribution in [-0.2, 0) is 11.3 Å². The molecule has 1 fully saturated rings. The second kappa shape index (κ2) is 8.34. The standard InChI is InChI=1S/C18H23Cl2N3O/c1-14-11-15(13-24-10-9-22-7-3-2-4-8-22)21-23(14)16-5-6-17(19)18(20)12-16/h5-6,11-12H,2-4,7-10,13H2,1H3. The van der Waals surface area contributed by atoms with Crippen molar-refractivity contribution in [1.29, 1.82) is 0 Å². The predicted molar refractivity (Wildman–Crippen MR) is 98.3 cm³/mol. The number of hydrogen-bond donors (Lipinski definition) is 0. The van der Waals surface area contributed by atoms with Crippen LogP contribution in [0.2, 0.25) is 10.0 Å². The maximum Gasteiger partial charge on any atom is 0.0907 e. The summed E-state index contributed by atoms with van der Waals surface area (Å²) in [7, 11) is 0. The van der Waals surface area contributed by atoms with Crippen LogP contribution < -0.4 is 0 Å². The van der Waals surface area contributed by atoms with E-state index >= 15 is 0 Å². The molecule has 3 rings (SSSR count). The number of ether oxygens (including phenoxy) is 1. The number of rotatable bonds is 6. The van der Waals surface area contributed by atoms with Crippen LogP contribution in [0, 0.1) is 6.92 Å². The van der Waals surface area contributed by atoms with Crippen molar-refractivity contribution in [2.75, 3.05) is 26.2 Å². The monoisotopic (exact) mass is 367 g/mol. The van der Waals surface area contributed by atoms with Crippen LogP contribution >= 0.6 is 23.2 Å². The van der Waals surface area contributed by atoms with Crippen LogP contribution in [0.3, 0.4) is 0 Å². The zero-order chi connectivity index (χ0) is 16.9. The van der Waals surface area contributed by atoms with E-state index in [-0.39, 0.29) is 0 Å². The van der Waals surface area contributed by atoms with Crippen molar-refractivity contribution >= 4 is 23.2 Å². The third-order valence-corrected chi connectivity index (χ3v) is 5.08. The third kappa shape index (κ3) is 4.51. The predicted octanol–water partition coefficient (Wildman–Crippen LogP) is 4.49. The summed E-state index contributed by atoms with van der Waals surface area (Å²) in [4.78, 5) is 2.48. The average molecular weight is 368 g/mol. The van der Waals surface area contributed by atoms with Gasteiger partial charge in [0.1, 0.15) is 0 Å². The number of halogens is 2. The number of nitrogens with zero attached hydrogens (tertiary/aromatic N) is 3. The fourth-order valence-corrected chi connectivity index (χ4v) is 3.33. The fraction of sp³-hybridized carbons (Fsp3) is 0.500. The molecule has 24 heavy (non-hydrogen) atoms. The molecular formula is C18H23Cl2N3O. The molecule has 1 saturated heterocycles. The zero-order valence-electron chi connectivity index (χ0n) is 14.0. The molecule has 4 nitrogen and oxygen atoms in total. The molecule has 0 aliphatic carbocycles. The summed E-state index contributed by atoms with van der Waals surface area (Å²) >= 11 is 12.1. The Kier molecular flexibility index (Phi) is 6.17. The van der Waals surface area contributed by atoms with E-state index in [1.54, 1.807) is 6.07 Å². The molecule has 130 valence electrons. The Bertz CT molecular complexity index is 681. The first kappa shape index (κ1) is 17.7. The smallest absolute Gasteiger partial charge is 0.0907 e. The summed E-state index contributed by atoms with van der Waals surface area (Å²) in [5, 5.41) is 5.69. The fourth-order valence-electron chi connectivity index (χ4n) is 3.04. The van der Waals surface area contributed by atoms with Gasteiger partial charge in [0, 0.05) is 12.2 Å². The highest BCUT2D eigenvalue weighted by Gasteiger charge is 2.11. The summed E-state index contributed by atoms with van der Waals surface area (Å²) in [6, 6.07) is 7.57. The van der Waals surface area contributed by atoms with Gasteiger partial charge in [0.25, 0.3) is 0 Å². The lowest BCUT2D eigenvalue weighted by Gasteiger charge is -2.25. The van der Waals surface area contributed by atoms with E-state index in [1.807, 2.05) is 29.8 Å². The highest BCUT2D eigenvalue weighted by atomic mass is 35.5. The van der Waals surface area contributed by atoms with Crippen LogP contribution in [0.1, 0.15) is 30.7 Å². The average Bonchev–Trinajstić information content (AvgIpc) is 2.96. The van der Waals surface area contributed by atoms with Crippen LogP contribution in [0.15, 0.2) is 24.3 Å². The van der Waals surface area contributed by atoms with Gasteiger partial charge in [-0.15, -0.1) is 0 Å². The Morgan fingerprint density at radius 1 is 1.08 bits per heavy atom. The van der Waals surface area contributed by atoms with Crippen molar-refractivity contribution in [3.05, 3.63) is 45.7 Å². The maximum atomic E-state index is 6.10. The maximum absolute atomic E-state index is 6.10. The van der Waals surface area contributed by atoms with E-state index in [9.17, 15) is 0 Å². The summed E-state index contributed by atoms with van der Waals surface area (Å²) in [5.74, 6) is 0. The number of piperidine rings is 1. The topological polar surface area (TPSA) is 30.3 Å². The molecule has 0 amide bonds. The third-order valence-electron chi connectivity index (χ3n) is 4.34. The molecule has 0 unspecified atom stereocenters. The van der Waals surface area contributed by atoms with Crippen molar-refractivity contribution in [3.8, 4) is 5.69 Å². The first-order valence-corrected chi connectivity index (χ1v) is 9.20. The molecule has 0 saturated carbocycles. The molecule has 1 aliphatic heterocycles. The van der Waals surface area contributed by atoms with Gasteiger partial charge in [0.05, 0.1) is 34.6 Å². The molecule has 1 aromatic carbocycles. The molecule has 0 radical (unpaired) electrons. The van der Waals surface area contributed by atoms with Crippen molar-refractivity contribution in [3.63, 3.8) is 0 Å². The molecular weight excluding hydrogens is 345 g/mol. The minimum atomic E-state index is 0.531. The number of aromatic nitrogens is 2. The van der Waals surface area contributed by atoms with Crippen molar-refractivity contribution in [1.82, 2.24) is 14.7 Å². The van der Waals surface area contributed by atoms with Crippen LogP contribution in [0.25, 0.3) is 5.69 Å². The Morgan fingerprint density at radius 2 is 1.88 bits per heavy atom. The lowest BCUT2D eigenvalue weighted by atomic mass is 10.1. The molecule has 0 N–H and O–H groups in total.